The second kappa shape index (κ2) is 27.0. The van der Waals surface area contributed by atoms with Crippen LogP contribution in [-0.4, -0.2) is 26.1 Å². The molecule has 0 bridgehead atoms. The fourth-order valence-electron chi connectivity index (χ4n) is 9.73. The van der Waals surface area contributed by atoms with Crippen LogP contribution in [0.4, 0.5) is 0 Å². The maximum Gasteiger partial charge on any atom is 0.134 e. The fraction of sp³-hybridized carbons (Fsp3) is 0.704. The molecule has 0 aliphatic heterocycles. The molecule has 5 aromatic rings. The van der Waals surface area contributed by atoms with Gasteiger partial charge in [-0.3, -0.25) is 0 Å². The van der Waals surface area contributed by atoms with Crippen LogP contribution in [0, 0.1) is 11.8 Å². The molecule has 2 atom stereocenters. The van der Waals surface area contributed by atoms with Gasteiger partial charge in [0.05, 0.1) is 56.4 Å². The summed E-state index contributed by atoms with van der Waals surface area (Å²) in [5, 5.41) is 7.23. The van der Waals surface area contributed by atoms with Gasteiger partial charge in [0.15, 0.2) is 0 Å². The van der Waals surface area contributed by atoms with Crippen molar-refractivity contribution in [2.24, 2.45) is 11.8 Å². The zero-order valence-electron chi connectivity index (χ0n) is 42.0. The number of thiazole rings is 2. The Bertz CT molecular complexity index is 1940. The number of benzene rings is 1. The highest BCUT2D eigenvalue weighted by atomic mass is 35.5. The molecule has 4 heterocycles. The lowest BCUT2D eigenvalue weighted by Crippen LogP contribution is -2.38. The Kier molecular flexibility index (Phi) is 22.9. The van der Waals surface area contributed by atoms with E-state index in [9.17, 15) is 0 Å². The van der Waals surface area contributed by atoms with Gasteiger partial charge in [0.2, 0.25) is 0 Å². The highest BCUT2D eigenvalue weighted by Crippen LogP contribution is 2.44. The topological polar surface area (TPSA) is 25.8 Å². The third-order valence-corrected chi connectivity index (χ3v) is 23.9. The molecular weight excluding hydrogens is 932 g/mol. The van der Waals surface area contributed by atoms with Crippen molar-refractivity contribution in [3.63, 3.8) is 0 Å². The summed E-state index contributed by atoms with van der Waals surface area (Å²) in [6.45, 7) is 24.0. The zero-order valence-corrected chi connectivity index (χ0v) is 48.8. The van der Waals surface area contributed by atoms with Crippen LogP contribution in [0.15, 0.2) is 12.1 Å². The molecule has 0 saturated carbocycles. The molecule has 64 heavy (non-hydrogen) atoms. The van der Waals surface area contributed by atoms with E-state index in [1.54, 1.807) is 0 Å². The minimum Gasteiger partial charge on any atom is -0.235 e. The standard InChI is InChI=1S/C54H86Cl2N2S4Si2/c1-11-15-19-23-25-29-33-39(31-27-21-17-13-3)35-45-47(55)51(63(5,6)7)49(59-45)53-57-41-37-44-42(38-43(41)61-53)58-54(62-44)50-52(64(8,9)10)48(56)46(60-50)36-40(32-28-22-18-14-4)34-30-26-24-20-16-12-2/h37-40H,11-36H2,1-10H3. The molecule has 0 fully saturated rings. The van der Waals surface area contributed by atoms with Gasteiger partial charge in [-0.15, -0.1) is 45.3 Å². The van der Waals surface area contributed by atoms with Crippen LogP contribution in [-0.2, 0) is 12.8 Å². The normalized spacial score (nSPS) is 13.6. The Morgan fingerprint density at radius 2 is 0.734 bits per heavy atom. The molecule has 0 amide bonds. The van der Waals surface area contributed by atoms with E-state index in [1.807, 2.05) is 45.3 Å². The summed E-state index contributed by atoms with van der Waals surface area (Å²) in [6.07, 6.45) is 34.6. The summed E-state index contributed by atoms with van der Waals surface area (Å²) in [6, 6.07) is 4.64. The Balaban J connectivity index is 1.42. The van der Waals surface area contributed by atoms with Crippen molar-refractivity contribution in [2.75, 3.05) is 0 Å². The minimum absolute atomic E-state index is 0.710. The molecule has 0 radical (unpaired) electrons. The summed E-state index contributed by atoms with van der Waals surface area (Å²) in [5.74, 6) is 1.42. The molecule has 0 aliphatic carbocycles. The quantitative estimate of drug-likeness (QED) is 0.0317. The molecule has 5 rings (SSSR count). The van der Waals surface area contributed by atoms with E-state index in [0.717, 1.165) is 43.9 Å². The third kappa shape index (κ3) is 15.7. The lowest BCUT2D eigenvalue weighted by atomic mass is 9.91. The van der Waals surface area contributed by atoms with Crippen molar-refractivity contribution in [2.45, 2.75) is 234 Å². The van der Waals surface area contributed by atoms with Crippen LogP contribution in [0.25, 0.3) is 40.2 Å². The number of hydrogen-bond acceptors (Lipinski definition) is 6. The molecule has 2 nitrogen and oxygen atoms in total. The van der Waals surface area contributed by atoms with Crippen LogP contribution in [0.1, 0.15) is 192 Å². The first-order chi connectivity index (χ1) is 30.7. The molecule has 2 unspecified atom stereocenters. The number of hydrogen-bond donors (Lipinski definition) is 0. The summed E-state index contributed by atoms with van der Waals surface area (Å²) in [5.41, 5.74) is 2.17. The first-order valence-electron chi connectivity index (χ1n) is 26.0. The number of nitrogens with zero attached hydrogens (tertiary/aromatic N) is 2. The van der Waals surface area contributed by atoms with Crippen molar-refractivity contribution in [1.29, 1.82) is 0 Å². The van der Waals surface area contributed by atoms with Crippen molar-refractivity contribution in [1.82, 2.24) is 9.97 Å². The molecule has 0 N–H and O–H groups in total. The van der Waals surface area contributed by atoms with Gasteiger partial charge in [0.25, 0.3) is 0 Å². The van der Waals surface area contributed by atoms with Crippen molar-refractivity contribution >= 4 is 116 Å². The SMILES string of the molecule is CCCCCCCCC(CCCCCC)Cc1sc(-c2nc3cc4sc(-c5sc(CC(CCCCCC)CCCCCCCC)c(Cl)c5[Si](C)(C)C)nc4cc3s2)c([Si](C)(C)C)c1Cl. The number of aromatic nitrogens is 2. The summed E-state index contributed by atoms with van der Waals surface area (Å²) in [4.78, 5) is 16.3. The Morgan fingerprint density at radius 1 is 0.438 bits per heavy atom. The monoisotopic (exact) mass is 1020 g/mol. The minimum atomic E-state index is -1.77. The zero-order chi connectivity index (χ0) is 46.3. The van der Waals surface area contributed by atoms with E-state index in [1.165, 1.54) is 193 Å². The van der Waals surface area contributed by atoms with Crippen LogP contribution in [0.2, 0.25) is 49.3 Å². The maximum absolute atomic E-state index is 7.52. The van der Waals surface area contributed by atoms with Crippen LogP contribution < -0.4 is 10.4 Å². The van der Waals surface area contributed by atoms with E-state index in [-0.39, 0.29) is 0 Å². The first-order valence-corrected chi connectivity index (χ1v) is 37.1. The molecule has 10 heteroatoms. The Hall–Kier alpha value is -0.586. The Labute approximate surface area is 419 Å². The van der Waals surface area contributed by atoms with Gasteiger partial charge in [-0.1, -0.05) is 244 Å². The molecule has 358 valence electrons. The molecule has 1 aromatic carbocycles. The lowest BCUT2D eigenvalue weighted by molar-refractivity contribution is 0.404. The number of fused-ring (bicyclic) bond motifs is 2. The second-order valence-electron chi connectivity index (χ2n) is 21.4. The maximum atomic E-state index is 7.52. The highest BCUT2D eigenvalue weighted by Gasteiger charge is 2.33. The predicted molar refractivity (Wildman–Crippen MR) is 303 cm³/mol. The van der Waals surface area contributed by atoms with Crippen molar-refractivity contribution in [3.8, 4) is 19.8 Å². The van der Waals surface area contributed by atoms with Gasteiger partial charge in [0, 0.05) is 9.75 Å². The fourth-order valence-corrected chi connectivity index (χ4v) is 22.4. The number of thiophene rings is 2. The Morgan fingerprint density at radius 3 is 1.05 bits per heavy atom. The van der Waals surface area contributed by atoms with E-state index in [0.29, 0.717) is 11.8 Å². The molecule has 0 spiro atoms. The van der Waals surface area contributed by atoms with E-state index in [4.69, 9.17) is 33.2 Å². The average Bonchev–Trinajstić information content (AvgIpc) is 4.01. The molecule has 4 aromatic heterocycles. The van der Waals surface area contributed by atoms with Crippen LogP contribution >= 0.6 is 68.5 Å². The van der Waals surface area contributed by atoms with E-state index in [2.05, 4.69) is 79.1 Å². The van der Waals surface area contributed by atoms with Crippen LogP contribution in [0.5, 0.6) is 0 Å². The molecule has 0 saturated heterocycles. The molecule has 0 aliphatic rings. The number of rotatable bonds is 32. The van der Waals surface area contributed by atoms with Gasteiger partial charge in [-0.2, -0.15) is 0 Å². The number of unbranched alkanes of at least 4 members (excludes halogenated alkanes) is 16. The smallest absolute Gasteiger partial charge is 0.134 e. The van der Waals surface area contributed by atoms with E-state index >= 15 is 0 Å². The van der Waals surface area contributed by atoms with Gasteiger partial charge in [-0.25, -0.2) is 9.97 Å². The number of halogens is 2. The van der Waals surface area contributed by atoms with Gasteiger partial charge in [0.1, 0.15) is 10.0 Å². The summed E-state index contributed by atoms with van der Waals surface area (Å²) >= 11 is 22.7. The second-order valence-corrected chi connectivity index (χ2v) is 36.4. The van der Waals surface area contributed by atoms with Gasteiger partial charge < -0.3 is 0 Å². The van der Waals surface area contributed by atoms with Gasteiger partial charge in [-0.05, 0) is 47.2 Å². The van der Waals surface area contributed by atoms with Crippen molar-refractivity contribution in [3.05, 3.63) is 31.9 Å². The third-order valence-electron chi connectivity index (χ3n) is 13.4. The van der Waals surface area contributed by atoms with Crippen LogP contribution in [0.3, 0.4) is 0 Å². The lowest BCUT2D eigenvalue weighted by Gasteiger charge is -2.19. The first kappa shape index (κ1) is 54.4. The largest absolute Gasteiger partial charge is 0.235 e. The van der Waals surface area contributed by atoms with Gasteiger partial charge >= 0.3 is 0 Å². The summed E-state index contributed by atoms with van der Waals surface area (Å²) in [7, 11) is -3.55. The summed E-state index contributed by atoms with van der Waals surface area (Å²) < 4.78 is 2.44. The molecular formula is C54H86Cl2N2S4Si2. The predicted octanol–water partition coefficient (Wildman–Crippen LogP) is 20.5. The van der Waals surface area contributed by atoms with Crippen molar-refractivity contribution < 1.29 is 0 Å². The average molecular weight is 1020 g/mol. The van der Waals surface area contributed by atoms with E-state index < -0.39 is 16.1 Å². The highest BCUT2D eigenvalue weighted by molar-refractivity contribution is 7.28.